The molecule has 0 aliphatic heterocycles. The van der Waals surface area contributed by atoms with Crippen molar-refractivity contribution in [3.63, 3.8) is 0 Å². The Morgan fingerprint density at radius 1 is 0.750 bits per heavy atom. The zero-order chi connectivity index (χ0) is 11.7. The third-order valence-electron chi connectivity index (χ3n) is 0.519. The molecule has 0 aromatic carbocycles. The first-order valence-electron chi connectivity index (χ1n) is 2.54. The van der Waals surface area contributed by atoms with Crippen LogP contribution in [0.2, 0.25) is 0 Å². The Kier molecular flexibility index (Phi) is 24.6. The predicted molar refractivity (Wildman–Crippen MR) is 22.2 cm³/mol. The summed E-state index contributed by atoms with van der Waals surface area (Å²) >= 11 is 1.94. The number of carbonyl (C=O) groups is 4. The van der Waals surface area contributed by atoms with Gasteiger partial charge >= 0.3 is 139 Å². The van der Waals surface area contributed by atoms with Gasteiger partial charge in [0.05, 0.1) is 0 Å². The summed E-state index contributed by atoms with van der Waals surface area (Å²) in [6.07, 6.45) is 0. The maximum absolute atomic E-state index is 9.63. The maximum Gasteiger partial charge on any atom is 1.00 e. The molecular weight excluding hydrogens is 286 g/mol. The van der Waals surface area contributed by atoms with Gasteiger partial charge in [0.15, 0.2) is 0 Å². The van der Waals surface area contributed by atoms with E-state index in [9.17, 15) is 29.4 Å². The van der Waals surface area contributed by atoms with Crippen LogP contribution in [-0.2, 0) is 67.5 Å². The summed E-state index contributed by atoms with van der Waals surface area (Å²) in [6.45, 7) is 0. The van der Waals surface area contributed by atoms with Crippen molar-refractivity contribution in [3.8, 4) is 0 Å². The molecule has 8 nitrogen and oxygen atoms in total. The number of aliphatic carboxylic acids is 2. The second-order valence-electron chi connectivity index (χ2n) is 1.35. The zero-order valence-electron chi connectivity index (χ0n) is 8.27. The molecule has 0 fully saturated rings. The summed E-state index contributed by atoms with van der Waals surface area (Å²) in [6, 6.07) is 0. The second kappa shape index (κ2) is 15.5. The molecule has 0 unspecified atom stereocenters. The Balaban J connectivity index is -0.0000000800. The normalized spacial score (nSPS) is 6.38. The van der Waals surface area contributed by atoms with Crippen molar-refractivity contribution in [3.05, 3.63) is 0 Å². The number of carboxylic acid groups (broad SMARTS) is 2. The third kappa shape index (κ3) is 16.9. The average molecular weight is 286 g/mol. The topological polar surface area (TPSA) is 133 Å². The summed E-state index contributed by atoms with van der Waals surface area (Å²) in [5, 5.41) is 18.7. The van der Waals surface area contributed by atoms with Crippen molar-refractivity contribution in [1.82, 2.24) is 0 Å². The fourth-order valence-corrected chi connectivity index (χ4v) is 0.344. The van der Waals surface area contributed by atoms with E-state index < -0.39 is 23.9 Å². The third-order valence-corrected chi connectivity index (χ3v) is 1.10. The van der Waals surface area contributed by atoms with E-state index in [1.807, 2.05) is 0 Å². The molecule has 74 valence electrons. The van der Waals surface area contributed by atoms with E-state index in [4.69, 9.17) is 0 Å². The van der Waals surface area contributed by atoms with Crippen LogP contribution in [-0.4, -0.2) is 23.9 Å². The van der Waals surface area contributed by atoms with Gasteiger partial charge in [-0.15, -0.1) is 0 Å². The summed E-state index contributed by atoms with van der Waals surface area (Å²) in [5.41, 5.74) is 0. The van der Waals surface area contributed by atoms with Crippen molar-refractivity contribution < 1.29 is 115 Å². The number of carbonyl (C=O) groups excluding carboxylic acids is 4. The standard InChI is InChI=1S/2C2H2O4.2Li.2Ti/c2*3-1(4)2(5)6;;;;/h2*(H,3,4)(H,5,6);;;;/q;;4*+1/p-4. The van der Waals surface area contributed by atoms with Crippen molar-refractivity contribution in [2.75, 3.05) is 0 Å². The minimum Gasteiger partial charge on any atom is 1.00 e. The van der Waals surface area contributed by atoms with Gasteiger partial charge in [-0.3, -0.25) is 0 Å². The zero-order valence-corrected chi connectivity index (χ0v) is 11.4. The molecule has 12 heteroatoms. The van der Waals surface area contributed by atoms with E-state index in [1.165, 1.54) is 0 Å². The molecule has 0 amide bonds. The van der Waals surface area contributed by atoms with E-state index in [-0.39, 0.29) is 37.7 Å². The van der Waals surface area contributed by atoms with Gasteiger partial charge in [-0.1, -0.05) is 0 Å². The summed E-state index contributed by atoms with van der Waals surface area (Å²) in [5.74, 6) is -6.33. The Labute approximate surface area is 138 Å². The first kappa shape index (κ1) is 25.4. The van der Waals surface area contributed by atoms with Gasteiger partial charge in [0, 0.05) is 0 Å². The number of rotatable bonds is 0. The number of hydrogen-bond acceptors (Lipinski definition) is 8. The second-order valence-corrected chi connectivity index (χ2v) is 1.99. The molecule has 0 saturated heterocycles. The molecule has 0 aromatic rings. The molecule has 0 aliphatic rings. The van der Waals surface area contributed by atoms with Gasteiger partial charge in [0.25, 0.3) is 0 Å². The van der Waals surface area contributed by atoms with E-state index >= 15 is 0 Å². The molecule has 0 atom stereocenters. The fraction of sp³-hybridized carbons (Fsp3) is 0. The summed E-state index contributed by atoms with van der Waals surface area (Å²) < 4.78 is 7.42. The van der Waals surface area contributed by atoms with E-state index in [2.05, 4.69) is 6.64 Å². The quantitative estimate of drug-likeness (QED) is 0.316. The van der Waals surface area contributed by atoms with Crippen LogP contribution in [0.3, 0.4) is 0 Å². The Morgan fingerprint density at radius 3 is 0.938 bits per heavy atom. The number of carboxylic acids is 2. The molecule has 0 saturated carbocycles. The summed E-state index contributed by atoms with van der Waals surface area (Å²) in [4.78, 5) is 37.9. The van der Waals surface area contributed by atoms with Gasteiger partial charge in [-0.25, -0.2) is 0 Å². The first-order chi connectivity index (χ1) is 6.36. The fourth-order valence-electron chi connectivity index (χ4n) is 0.0833. The maximum atomic E-state index is 9.63. The molecule has 16 heavy (non-hydrogen) atoms. The van der Waals surface area contributed by atoms with Crippen molar-refractivity contribution in [2.45, 2.75) is 0 Å². The van der Waals surface area contributed by atoms with Gasteiger partial charge in [-0.2, -0.15) is 0 Å². The Hall–Kier alpha value is 0.503. The van der Waals surface area contributed by atoms with Crippen LogP contribution >= 0.6 is 0 Å². The van der Waals surface area contributed by atoms with Gasteiger partial charge < -0.3 is 0 Å². The average Bonchev–Trinajstić information content (AvgIpc) is 2.15. The Bertz CT molecular complexity index is 230. The van der Waals surface area contributed by atoms with Crippen LogP contribution < -0.4 is 47.9 Å². The van der Waals surface area contributed by atoms with Crippen LogP contribution in [0.1, 0.15) is 0 Å². The Morgan fingerprint density at radius 2 is 0.938 bits per heavy atom. The van der Waals surface area contributed by atoms with Gasteiger partial charge in [0.2, 0.25) is 0 Å². The van der Waals surface area contributed by atoms with Crippen molar-refractivity contribution in [2.24, 2.45) is 0 Å². The molecule has 0 rings (SSSR count). The van der Waals surface area contributed by atoms with Crippen LogP contribution in [0.4, 0.5) is 0 Å². The molecule has 0 aromatic heterocycles. The number of hydrogen-bond donors (Lipinski definition) is 0. The minimum absolute atomic E-state index is 0. The monoisotopic (exact) mass is 286 g/mol. The first-order valence-corrected chi connectivity index (χ1v) is 3.82. The largest absolute Gasteiger partial charge is 1.00 e. The molecule has 0 radical (unpaired) electrons. The molecule has 0 heterocycles. The van der Waals surface area contributed by atoms with E-state index in [0.29, 0.717) is 0 Å². The molecular formula is C4Li2O8Ti2. The van der Waals surface area contributed by atoms with Gasteiger partial charge in [-0.05, 0) is 0 Å². The van der Waals surface area contributed by atoms with Crippen LogP contribution in [0, 0.1) is 0 Å². The van der Waals surface area contributed by atoms with E-state index in [1.54, 1.807) is 0 Å². The molecule has 0 spiro atoms. The molecule has 0 N–H and O–H groups in total. The van der Waals surface area contributed by atoms with Crippen LogP contribution in [0.5, 0.6) is 0 Å². The smallest absolute Gasteiger partial charge is 1.00 e. The summed E-state index contributed by atoms with van der Waals surface area (Å²) in [7, 11) is 0. The van der Waals surface area contributed by atoms with Crippen LogP contribution in [0.15, 0.2) is 0 Å². The van der Waals surface area contributed by atoms with Crippen molar-refractivity contribution >= 4 is 23.9 Å². The van der Waals surface area contributed by atoms with Gasteiger partial charge in [0.1, 0.15) is 0 Å². The molecule has 0 aliphatic carbocycles. The predicted octanol–water partition coefficient (Wildman–Crippen LogP) is -10.5. The van der Waals surface area contributed by atoms with Crippen molar-refractivity contribution in [1.29, 1.82) is 0 Å². The SMILES string of the molecule is O=C([O-])C(=O)[O][Ti].O=C([O-])C(=O)[O][Ti].[Li+].[Li+]. The molecule has 0 bridgehead atoms. The van der Waals surface area contributed by atoms with E-state index in [0.717, 1.165) is 41.6 Å². The minimum atomic E-state index is -1.82. The van der Waals surface area contributed by atoms with Crippen LogP contribution in [0.25, 0.3) is 0 Å².